The van der Waals surface area contributed by atoms with Crippen LogP contribution in [0.2, 0.25) is 0 Å². The van der Waals surface area contributed by atoms with Gasteiger partial charge in [-0.3, -0.25) is 9.59 Å². The summed E-state index contributed by atoms with van der Waals surface area (Å²) >= 11 is 0. The molecule has 1 saturated heterocycles. The van der Waals surface area contributed by atoms with Crippen LogP contribution < -0.4 is 5.73 Å². The highest BCUT2D eigenvalue weighted by atomic mass is 16.2. The molecule has 2 aliphatic heterocycles. The second kappa shape index (κ2) is 6.32. The van der Waals surface area contributed by atoms with Gasteiger partial charge in [-0.15, -0.1) is 0 Å². The van der Waals surface area contributed by atoms with Gasteiger partial charge in [0.15, 0.2) is 0 Å². The summed E-state index contributed by atoms with van der Waals surface area (Å²) in [6, 6.07) is 6.48. The first-order valence-corrected chi connectivity index (χ1v) is 8.36. The second-order valence-corrected chi connectivity index (χ2v) is 7.04. The lowest BCUT2D eigenvalue weighted by atomic mass is 9.87. The minimum atomic E-state index is -0.859. The number of nitrogens with two attached hydrogens (primary N) is 1. The Balaban J connectivity index is 1.90. The van der Waals surface area contributed by atoms with Crippen LogP contribution in [-0.4, -0.2) is 41.8 Å². The third-order valence-electron chi connectivity index (χ3n) is 5.11. The van der Waals surface area contributed by atoms with E-state index in [0.29, 0.717) is 12.5 Å². The van der Waals surface area contributed by atoms with E-state index in [9.17, 15) is 9.59 Å². The van der Waals surface area contributed by atoms with Crippen LogP contribution >= 0.6 is 0 Å². The van der Waals surface area contributed by atoms with Gasteiger partial charge in [0.25, 0.3) is 0 Å². The van der Waals surface area contributed by atoms with Gasteiger partial charge in [0.2, 0.25) is 0 Å². The number of benzene rings is 1. The maximum absolute atomic E-state index is 12.2. The molecule has 1 aromatic rings. The number of likely N-dealkylation sites (N-methyl/N-ethyl adjacent to an activating group) is 1. The molecule has 0 bridgehead atoms. The molecule has 23 heavy (non-hydrogen) atoms. The van der Waals surface area contributed by atoms with E-state index in [2.05, 4.69) is 37.1 Å². The Hall–Kier alpha value is -1.88. The number of nitrogens with zero attached hydrogens (tertiary/aromatic N) is 2. The lowest BCUT2D eigenvalue weighted by Gasteiger charge is -2.38. The number of piperidine rings is 1. The first-order valence-electron chi connectivity index (χ1n) is 8.36. The van der Waals surface area contributed by atoms with Gasteiger partial charge in [-0.1, -0.05) is 25.1 Å². The summed E-state index contributed by atoms with van der Waals surface area (Å²) in [4.78, 5) is 27.6. The second-order valence-electron chi connectivity index (χ2n) is 7.04. The van der Waals surface area contributed by atoms with Crippen LogP contribution in [0.15, 0.2) is 18.2 Å². The molecule has 1 unspecified atom stereocenters. The number of hydrogen-bond acceptors (Lipinski definition) is 3. The normalized spacial score (nSPS) is 25.0. The van der Waals surface area contributed by atoms with Crippen molar-refractivity contribution in [3.63, 3.8) is 0 Å². The maximum Gasteiger partial charge on any atom is 0.312 e. The minimum Gasteiger partial charge on any atom is -0.361 e. The van der Waals surface area contributed by atoms with Gasteiger partial charge in [0, 0.05) is 19.6 Å². The van der Waals surface area contributed by atoms with E-state index in [1.807, 2.05) is 0 Å². The molecule has 0 aliphatic carbocycles. The third kappa shape index (κ3) is 3.24. The topological polar surface area (TPSA) is 66.6 Å². The van der Waals surface area contributed by atoms with Gasteiger partial charge < -0.3 is 15.5 Å². The summed E-state index contributed by atoms with van der Waals surface area (Å²) in [5.74, 6) is -1.02. The van der Waals surface area contributed by atoms with E-state index in [1.165, 1.54) is 11.1 Å². The molecular weight excluding hydrogens is 290 g/mol. The van der Waals surface area contributed by atoms with Crippen molar-refractivity contribution in [3.05, 3.63) is 34.9 Å². The standard InChI is InChI=1S/C18H25N3O2/c1-12-3-6-16(21(10-12)18(23)17(19)22)14-5-4-13-7-8-20(2)11-15(13)9-14/h4-5,9,12,16H,3,6-8,10-11H2,1-2H3,(H2,19,22)/t12-,16?/m0/s1. The molecule has 2 atom stereocenters. The SMILES string of the molecule is C[C@H]1CCC(c2ccc3c(c2)CN(C)CC3)N(C(=O)C(N)=O)C1. The van der Waals surface area contributed by atoms with Crippen LogP contribution in [0.1, 0.15) is 42.5 Å². The lowest BCUT2D eigenvalue weighted by Crippen LogP contribution is -2.47. The number of fused-ring (bicyclic) bond motifs is 1. The van der Waals surface area contributed by atoms with Crippen molar-refractivity contribution in [2.45, 2.75) is 38.8 Å². The molecule has 2 amide bonds. The maximum atomic E-state index is 12.2. The lowest BCUT2D eigenvalue weighted by molar-refractivity contribution is -0.147. The van der Waals surface area contributed by atoms with Crippen LogP contribution in [0.4, 0.5) is 0 Å². The molecule has 1 fully saturated rings. The Kier molecular flexibility index (Phi) is 4.39. The first kappa shape index (κ1) is 16.0. The zero-order valence-electron chi connectivity index (χ0n) is 13.9. The van der Waals surface area contributed by atoms with Crippen molar-refractivity contribution in [2.75, 3.05) is 20.1 Å². The molecular formula is C18H25N3O2. The van der Waals surface area contributed by atoms with E-state index in [4.69, 9.17) is 5.73 Å². The average Bonchev–Trinajstić information content (AvgIpc) is 2.53. The molecule has 0 aromatic heterocycles. The Morgan fingerprint density at radius 1 is 1.22 bits per heavy atom. The Morgan fingerprint density at radius 2 is 2.00 bits per heavy atom. The fourth-order valence-corrected chi connectivity index (χ4v) is 3.79. The molecule has 5 nitrogen and oxygen atoms in total. The fourth-order valence-electron chi connectivity index (χ4n) is 3.79. The Labute approximate surface area is 137 Å². The average molecular weight is 315 g/mol. The highest BCUT2D eigenvalue weighted by molar-refractivity contribution is 6.34. The minimum absolute atomic E-state index is 0.0382. The number of likely N-dealkylation sites (tertiary alicyclic amines) is 1. The van der Waals surface area contributed by atoms with Gasteiger partial charge in [-0.2, -0.15) is 0 Å². The molecule has 0 saturated carbocycles. The summed E-state index contributed by atoms with van der Waals surface area (Å²) < 4.78 is 0. The van der Waals surface area contributed by atoms with Crippen LogP contribution in [0, 0.1) is 5.92 Å². The number of rotatable bonds is 1. The first-order chi connectivity index (χ1) is 11.0. The van der Waals surface area contributed by atoms with Crippen molar-refractivity contribution >= 4 is 11.8 Å². The van der Waals surface area contributed by atoms with E-state index >= 15 is 0 Å². The molecule has 0 radical (unpaired) electrons. The van der Waals surface area contributed by atoms with Crippen molar-refractivity contribution in [3.8, 4) is 0 Å². The Morgan fingerprint density at radius 3 is 2.74 bits per heavy atom. The van der Waals surface area contributed by atoms with Crippen LogP contribution in [0.5, 0.6) is 0 Å². The highest BCUT2D eigenvalue weighted by Gasteiger charge is 2.33. The summed E-state index contributed by atoms with van der Waals surface area (Å²) in [5.41, 5.74) is 9.10. The third-order valence-corrected chi connectivity index (χ3v) is 5.11. The summed E-state index contributed by atoms with van der Waals surface area (Å²) in [5, 5.41) is 0. The molecule has 124 valence electrons. The van der Waals surface area contributed by atoms with Crippen molar-refractivity contribution in [1.82, 2.24) is 9.80 Å². The number of primary amides is 1. The van der Waals surface area contributed by atoms with Gasteiger partial charge in [-0.25, -0.2) is 0 Å². The molecule has 5 heteroatoms. The van der Waals surface area contributed by atoms with Gasteiger partial charge in [0.05, 0.1) is 6.04 Å². The van der Waals surface area contributed by atoms with Crippen LogP contribution in [0.3, 0.4) is 0 Å². The zero-order chi connectivity index (χ0) is 16.6. The molecule has 3 rings (SSSR count). The largest absolute Gasteiger partial charge is 0.361 e. The predicted molar refractivity (Wildman–Crippen MR) is 88.5 cm³/mol. The van der Waals surface area contributed by atoms with E-state index in [-0.39, 0.29) is 6.04 Å². The smallest absolute Gasteiger partial charge is 0.312 e. The summed E-state index contributed by atoms with van der Waals surface area (Å²) in [6.45, 7) is 4.73. The van der Waals surface area contributed by atoms with E-state index < -0.39 is 11.8 Å². The van der Waals surface area contributed by atoms with Crippen molar-refractivity contribution in [2.24, 2.45) is 11.7 Å². The summed E-state index contributed by atoms with van der Waals surface area (Å²) in [7, 11) is 2.13. The molecule has 2 aliphatic rings. The molecule has 2 N–H and O–H groups in total. The molecule has 1 aromatic carbocycles. The number of carbonyl (C=O) groups excluding carboxylic acids is 2. The highest BCUT2D eigenvalue weighted by Crippen LogP contribution is 2.34. The van der Waals surface area contributed by atoms with Crippen molar-refractivity contribution in [1.29, 1.82) is 0 Å². The molecule has 0 spiro atoms. The summed E-state index contributed by atoms with van der Waals surface area (Å²) in [6.07, 6.45) is 3.01. The van der Waals surface area contributed by atoms with E-state index in [0.717, 1.165) is 37.9 Å². The van der Waals surface area contributed by atoms with E-state index in [1.54, 1.807) is 4.90 Å². The quantitative estimate of drug-likeness (QED) is 0.798. The fraction of sp³-hybridized carbons (Fsp3) is 0.556. The van der Waals surface area contributed by atoms with Gasteiger partial charge in [-0.05, 0) is 48.9 Å². The van der Waals surface area contributed by atoms with Crippen LogP contribution in [0.25, 0.3) is 0 Å². The number of hydrogen-bond donors (Lipinski definition) is 1. The predicted octanol–water partition coefficient (Wildman–Crippen LogP) is 1.46. The van der Waals surface area contributed by atoms with Gasteiger partial charge >= 0.3 is 11.8 Å². The van der Waals surface area contributed by atoms with Crippen LogP contribution in [-0.2, 0) is 22.6 Å². The molecule has 2 heterocycles. The number of amides is 2. The van der Waals surface area contributed by atoms with Crippen molar-refractivity contribution < 1.29 is 9.59 Å². The number of carbonyl (C=O) groups is 2. The Bertz CT molecular complexity index is 629. The van der Waals surface area contributed by atoms with Gasteiger partial charge in [0.1, 0.15) is 0 Å². The monoisotopic (exact) mass is 315 g/mol. The zero-order valence-corrected chi connectivity index (χ0v) is 13.9.